The molecule has 2 aromatic rings. The minimum atomic E-state index is -3.00. The Morgan fingerprint density at radius 1 is 1.26 bits per heavy atom. The number of rotatable bonds is 10. The Balaban J connectivity index is 1.50. The SMILES string of the molecule is CNC(=O)OC1CC(NC(=O)c2nc(-c3ccc(OC(F)F)c(OCC4CC4)c3)oc2[C@H](C)N)C1. The van der Waals surface area contributed by atoms with E-state index >= 15 is 0 Å². The molecule has 0 saturated heterocycles. The van der Waals surface area contributed by atoms with Crippen molar-refractivity contribution in [1.82, 2.24) is 15.6 Å². The lowest BCUT2D eigenvalue weighted by Gasteiger charge is -2.34. The van der Waals surface area contributed by atoms with Crippen LogP contribution in [0.4, 0.5) is 13.6 Å². The highest BCUT2D eigenvalue weighted by Gasteiger charge is 2.35. The van der Waals surface area contributed by atoms with E-state index < -0.39 is 24.7 Å². The number of halogens is 2. The van der Waals surface area contributed by atoms with Crippen LogP contribution in [0.25, 0.3) is 11.5 Å². The highest BCUT2D eigenvalue weighted by molar-refractivity contribution is 5.94. The second-order valence-electron chi connectivity index (χ2n) is 8.73. The molecular formula is C23H28F2N4O6. The van der Waals surface area contributed by atoms with Crippen molar-refractivity contribution in [2.45, 2.75) is 57.4 Å². The van der Waals surface area contributed by atoms with Crippen molar-refractivity contribution >= 4 is 12.0 Å². The van der Waals surface area contributed by atoms with Gasteiger partial charge in [0.2, 0.25) is 5.89 Å². The molecule has 0 unspecified atom stereocenters. The number of hydrogen-bond donors (Lipinski definition) is 3. The zero-order valence-electron chi connectivity index (χ0n) is 19.4. The minimum absolute atomic E-state index is 0.0269. The molecule has 0 aliphatic heterocycles. The molecule has 2 saturated carbocycles. The lowest BCUT2D eigenvalue weighted by molar-refractivity contribution is -0.0515. The Morgan fingerprint density at radius 2 is 2.00 bits per heavy atom. The first-order valence-electron chi connectivity index (χ1n) is 11.4. The maximum absolute atomic E-state index is 12.9. The number of carbonyl (C=O) groups is 2. The predicted molar refractivity (Wildman–Crippen MR) is 119 cm³/mol. The molecule has 1 aromatic carbocycles. The van der Waals surface area contributed by atoms with Crippen LogP contribution in [0.3, 0.4) is 0 Å². The van der Waals surface area contributed by atoms with Crippen LogP contribution in [0, 0.1) is 5.92 Å². The third-order valence-corrected chi connectivity index (χ3v) is 5.77. The lowest BCUT2D eigenvalue weighted by atomic mass is 9.89. The fraction of sp³-hybridized carbons (Fsp3) is 0.522. The van der Waals surface area contributed by atoms with Gasteiger partial charge in [0.15, 0.2) is 23.0 Å². The number of oxazole rings is 1. The van der Waals surface area contributed by atoms with E-state index in [4.69, 9.17) is 19.6 Å². The van der Waals surface area contributed by atoms with Crippen molar-refractivity contribution in [3.05, 3.63) is 29.7 Å². The van der Waals surface area contributed by atoms with Crippen molar-refractivity contribution in [2.24, 2.45) is 11.7 Å². The largest absolute Gasteiger partial charge is 0.489 e. The number of alkyl carbamates (subject to hydrolysis) is 1. The second-order valence-corrected chi connectivity index (χ2v) is 8.73. The summed E-state index contributed by atoms with van der Waals surface area (Å²) in [6, 6.07) is 3.51. The van der Waals surface area contributed by atoms with Gasteiger partial charge in [-0.25, -0.2) is 9.78 Å². The van der Waals surface area contributed by atoms with Gasteiger partial charge >= 0.3 is 12.7 Å². The van der Waals surface area contributed by atoms with E-state index in [1.165, 1.54) is 25.2 Å². The molecule has 12 heteroatoms. The molecule has 2 aliphatic carbocycles. The van der Waals surface area contributed by atoms with Crippen molar-refractivity contribution in [3.63, 3.8) is 0 Å². The molecule has 4 N–H and O–H groups in total. The monoisotopic (exact) mass is 494 g/mol. The Bertz CT molecular complexity index is 1070. The molecule has 2 fully saturated rings. The molecule has 1 aromatic heterocycles. The first kappa shape index (κ1) is 24.7. The number of aromatic nitrogens is 1. The molecule has 4 rings (SSSR count). The van der Waals surface area contributed by atoms with E-state index in [-0.39, 0.29) is 41.0 Å². The van der Waals surface area contributed by atoms with Crippen molar-refractivity contribution in [3.8, 4) is 23.0 Å². The molecule has 0 spiro atoms. The second kappa shape index (κ2) is 10.5. The maximum atomic E-state index is 12.9. The van der Waals surface area contributed by atoms with Gasteiger partial charge < -0.3 is 35.0 Å². The van der Waals surface area contributed by atoms with Crippen LogP contribution in [0.2, 0.25) is 0 Å². The van der Waals surface area contributed by atoms with E-state index in [0.717, 1.165) is 12.8 Å². The molecule has 190 valence electrons. The third kappa shape index (κ3) is 6.18. The average molecular weight is 494 g/mol. The molecule has 35 heavy (non-hydrogen) atoms. The zero-order valence-corrected chi connectivity index (χ0v) is 19.4. The first-order valence-corrected chi connectivity index (χ1v) is 11.4. The van der Waals surface area contributed by atoms with Gasteiger partial charge in [0.05, 0.1) is 12.6 Å². The summed E-state index contributed by atoms with van der Waals surface area (Å²) in [4.78, 5) is 28.5. The van der Waals surface area contributed by atoms with Gasteiger partial charge in [0.25, 0.3) is 5.91 Å². The van der Waals surface area contributed by atoms with Crippen molar-refractivity contribution < 1.29 is 37.0 Å². The van der Waals surface area contributed by atoms with Gasteiger partial charge in [-0.3, -0.25) is 4.79 Å². The summed E-state index contributed by atoms with van der Waals surface area (Å²) in [5.41, 5.74) is 6.45. The third-order valence-electron chi connectivity index (χ3n) is 5.77. The molecule has 2 aliphatic rings. The van der Waals surface area contributed by atoms with Gasteiger partial charge in [-0.15, -0.1) is 0 Å². The highest BCUT2D eigenvalue weighted by atomic mass is 19.3. The number of carbonyl (C=O) groups excluding carboxylic acids is 2. The highest BCUT2D eigenvalue weighted by Crippen LogP contribution is 2.37. The normalized spacial score (nSPS) is 20.1. The average Bonchev–Trinajstić information content (AvgIpc) is 3.51. The Hall–Kier alpha value is -3.41. The number of amides is 2. The number of nitrogens with zero attached hydrogens (tertiary/aromatic N) is 1. The van der Waals surface area contributed by atoms with Gasteiger partial charge in [0.1, 0.15) is 6.10 Å². The predicted octanol–water partition coefficient (Wildman–Crippen LogP) is 3.37. The molecule has 1 heterocycles. The van der Waals surface area contributed by atoms with E-state index in [9.17, 15) is 18.4 Å². The van der Waals surface area contributed by atoms with Crippen LogP contribution < -0.4 is 25.8 Å². The quantitative estimate of drug-likeness (QED) is 0.457. The van der Waals surface area contributed by atoms with Crippen LogP contribution in [-0.2, 0) is 4.74 Å². The molecular weight excluding hydrogens is 466 g/mol. The standard InChI is InChI=1S/C23H28F2N4O6/c1-11(26)19-18(20(30)28-14-8-15(9-14)33-23(31)27-2)29-21(35-19)13-5-6-16(34-22(24)25)17(7-13)32-10-12-3-4-12/h5-7,11-12,14-15,22H,3-4,8-10,26H2,1-2H3,(H,27,31)(H,28,30)/t11-,14?,15?/m0/s1. The Kier molecular flexibility index (Phi) is 7.39. The first-order chi connectivity index (χ1) is 16.7. The van der Waals surface area contributed by atoms with E-state index in [1.807, 2.05) is 0 Å². The smallest absolute Gasteiger partial charge is 0.407 e. The van der Waals surface area contributed by atoms with Gasteiger partial charge in [-0.2, -0.15) is 8.78 Å². The zero-order chi connectivity index (χ0) is 25.1. The fourth-order valence-electron chi connectivity index (χ4n) is 3.61. The van der Waals surface area contributed by atoms with Crippen LogP contribution in [0.1, 0.15) is 54.9 Å². The molecule has 1 atom stereocenters. The van der Waals surface area contributed by atoms with E-state index in [1.54, 1.807) is 6.92 Å². The van der Waals surface area contributed by atoms with E-state index in [2.05, 4.69) is 20.4 Å². The summed E-state index contributed by atoms with van der Waals surface area (Å²) in [7, 11) is 1.47. The summed E-state index contributed by atoms with van der Waals surface area (Å²) in [5, 5.41) is 5.22. The summed E-state index contributed by atoms with van der Waals surface area (Å²) in [6.07, 6.45) is 2.21. The van der Waals surface area contributed by atoms with Crippen molar-refractivity contribution in [2.75, 3.05) is 13.7 Å². The van der Waals surface area contributed by atoms with Crippen LogP contribution in [-0.4, -0.2) is 49.4 Å². The number of alkyl halides is 2. The molecule has 0 radical (unpaired) electrons. The van der Waals surface area contributed by atoms with Crippen LogP contribution in [0.15, 0.2) is 22.6 Å². The van der Waals surface area contributed by atoms with Crippen LogP contribution >= 0.6 is 0 Å². The minimum Gasteiger partial charge on any atom is -0.489 e. The van der Waals surface area contributed by atoms with E-state index in [0.29, 0.717) is 30.9 Å². The summed E-state index contributed by atoms with van der Waals surface area (Å²) in [5.74, 6) is 0.240. The number of hydrogen-bond acceptors (Lipinski definition) is 8. The van der Waals surface area contributed by atoms with Gasteiger partial charge in [-0.1, -0.05) is 0 Å². The molecule has 0 bridgehead atoms. The van der Waals surface area contributed by atoms with Crippen molar-refractivity contribution in [1.29, 1.82) is 0 Å². The molecule has 10 nitrogen and oxygen atoms in total. The van der Waals surface area contributed by atoms with Gasteiger partial charge in [0, 0.05) is 31.5 Å². The Labute approximate surface area is 200 Å². The lowest BCUT2D eigenvalue weighted by Crippen LogP contribution is -2.49. The summed E-state index contributed by atoms with van der Waals surface area (Å²) in [6.45, 7) is -0.959. The van der Waals surface area contributed by atoms with Gasteiger partial charge in [-0.05, 0) is 43.9 Å². The summed E-state index contributed by atoms with van der Waals surface area (Å²) < 4.78 is 46.8. The number of nitrogens with two attached hydrogens (primary N) is 1. The Morgan fingerprint density at radius 3 is 2.63 bits per heavy atom. The summed E-state index contributed by atoms with van der Waals surface area (Å²) >= 11 is 0. The molecule has 2 amide bonds. The number of nitrogens with one attached hydrogen (secondary N) is 2. The topological polar surface area (TPSA) is 138 Å². The number of ether oxygens (including phenoxy) is 3. The maximum Gasteiger partial charge on any atom is 0.407 e. The number of benzene rings is 1. The fourth-order valence-corrected chi connectivity index (χ4v) is 3.61. The van der Waals surface area contributed by atoms with Crippen LogP contribution in [0.5, 0.6) is 11.5 Å².